The van der Waals surface area contributed by atoms with E-state index in [1.165, 1.54) is 0 Å². The zero-order valence-corrected chi connectivity index (χ0v) is 11.6. The van der Waals surface area contributed by atoms with Crippen molar-refractivity contribution < 1.29 is 4.79 Å². The van der Waals surface area contributed by atoms with Crippen LogP contribution in [0.3, 0.4) is 0 Å². The van der Waals surface area contributed by atoms with Crippen molar-refractivity contribution in [3.63, 3.8) is 0 Å². The Bertz CT molecular complexity index is 522. The van der Waals surface area contributed by atoms with Crippen LogP contribution < -0.4 is 5.32 Å². The summed E-state index contributed by atoms with van der Waals surface area (Å²) in [7, 11) is 0. The minimum absolute atomic E-state index is 0.00326. The van der Waals surface area contributed by atoms with Gasteiger partial charge in [0.05, 0.1) is 5.92 Å². The molecule has 2 rings (SSSR count). The van der Waals surface area contributed by atoms with Crippen LogP contribution in [0.2, 0.25) is 0 Å². The minimum Gasteiger partial charge on any atom is -0.326 e. The first-order chi connectivity index (χ1) is 8.66. The monoisotopic (exact) mass is 303 g/mol. The predicted octanol–water partition coefficient (Wildman–Crippen LogP) is 4.19. The van der Waals surface area contributed by atoms with Crippen molar-refractivity contribution in [2.45, 2.75) is 12.8 Å². The third-order valence-corrected chi connectivity index (χ3v) is 3.33. The summed E-state index contributed by atoms with van der Waals surface area (Å²) in [6.45, 7) is 1.91. The normalized spacial score (nSPS) is 11.9. The van der Waals surface area contributed by atoms with E-state index in [-0.39, 0.29) is 11.8 Å². The molecular formula is C15H14BrNO. The molecule has 2 aromatic rings. The van der Waals surface area contributed by atoms with Crippen LogP contribution in [0.1, 0.15) is 18.4 Å². The Morgan fingerprint density at radius 1 is 1.06 bits per heavy atom. The lowest BCUT2D eigenvalue weighted by atomic mass is 10.0. The molecule has 18 heavy (non-hydrogen) atoms. The summed E-state index contributed by atoms with van der Waals surface area (Å²) >= 11 is 3.36. The number of benzene rings is 2. The van der Waals surface area contributed by atoms with Gasteiger partial charge in [-0.3, -0.25) is 4.79 Å². The molecule has 0 unspecified atom stereocenters. The van der Waals surface area contributed by atoms with Crippen LogP contribution in [0.4, 0.5) is 5.69 Å². The number of nitrogens with one attached hydrogen (secondary N) is 1. The zero-order chi connectivity index (χ0) is 13.0. The summed E-state index contributed by atoms with van der Waals surface area (Å²) in [5.41, 5.74) is 1.83. The Hall–Kier alpha value is -1.61. The number of carbonyl (C=O) groups is 1. The standard InChI is InChI=1S/C15H14BrNO/c1-11(12-5-3-2-4-6-12)15(18)17-14-9-7-13(16)8-10-14/h2-11H,1H3,(H,17,18)/t11-/m1/s1. The maximum Gasteiger partial charge on any atom is 0.231 e. The van der Waals surface area contributed by atoms with Crippen LogP contribution in [0.25, 0.3) is 0 Å². The van der Waals surface area contributed by atoms with Crippen LogP contribution in [-0.2, 0) is 4.79 Å². The second-order valence-corrected chi connectivity index (χ2v) is 5.04. The van der Waals surface area contributed by atoms with Gasteiger partial charge in [-0.1, -0.05) is 46.3 Å². The average molecular weight is 304 g/mol. The maximum atomic E-state index is 12.1. The number of anilines is 1. The SMILES string of the molecule is C[C@@H](C(=O)Nc1ccc(Br)cc1)c1ccccc1. The summed E-state index contributed by atoms with van der Waals surface area (Å²) in [5.74, 6) is -0.154. The van der Waals surface area contributed by atoms with E-state index in [4.69, 9.17) is 0 Å². The molecule has 0 saturated carbocycles. The first-order valence-electron chi connectivity index (χ1n) is 5.78. The molecule has 2 nitrogen and oxygen atoms in total. The Labute approximate surface area is 115 Å². The molecule has 0 radical (unpaired) electrons. The molecule has 0 aliphatic carbocycles. The van der Waals surface area contributed by atoms with Crippen LogP contribution in [-0.4, -0.2) is 5.91 Å². The number of halogens is 1. The molecule has 1 amide bonds. The Balaban J connectivity index is 2.06. The highest BCUT2D eigenvalue weighted by molar-refractivity contribution is 9.10. The Morgan fingerprint density at radius 2 is 1.67 bits per heavy atom. The second-order valence-electron chi connectivity index (χ2n) is 4.13. The van der Waals surface area contributed by atoms with E-state index < -0.39 is 0 Å². The van der Waals surface area contributed by atoms with Gasteiger partial charge in [0.25, 0.3) is 0 Å². The summed E-state index contributed by atoms with van der Waals surface area (Å²) in [4.78, 5) is 12.1. The van der Waals surface area contributed by atoms with Crippen molar-refractivity contribution in [3.8, 4) is 0 Å². The third-order valence-electron chi connectivity index (χ3n) is 2.80. The third kappa shape index (κ3) is 3.20. The van der Waals surface area contributed by atoms with Gasteiger partial charge < -0.3 is 5.32 Å². The fourth-order valence-electron chi connectivity index (χ4n) is 1.68. The second kappa shape index (κ2) is 5.83. The number of rotatable bonds is 3. The van der Waals surface area contributed by atoms with E-state index in [9.17, 15) is 4.79 Å². The molecule has 0 aliphatic heterocycles. The first-order valence-corrected chi connectivity index (χ1v) is 6.57. The lowest BCUT2D eigenvalue weighted by Gasteiger charge is -2.12. The van der Waals surface area contributed by atoms with Gasteiger partial charge in [-0.15, -0.1) is 0 Å². The average Bonchev–Trinajstić information content (AvgIpc) is 2.41. The Kier molecular flexibility index (Phi) is 4.15. The van der Waals surface area contributed by atoms with E-state index in [1.54, 1.807) is 0 Å². The summed E-state index contributed by atoms with van der Waals surface area (Å²) in [5, 5.41) is 2.91. The molecule has 0 saturated heterocycles. The van der Waals surface area contributed by atoms with Crippen molar-refractivity contribution in [3.05, 3.63) is 64.6 Å². The fourth-order valence-corrected chi connectivity index (χ4v) is 1.94. The van der Waals surface area contributed by atoms with Gasteiger partial charge >= 0.3 is 0 Å². The first kappa shape index (κ1) is 12.8. The van der Waals surface area contributed by atoms with E-state index in [1.807, 2.05) is 61.5 Å². The molecule has 0 aliphatic rings. The maximum absolute atomic E-state index is 12.1. The molecule has 2 aromatic carbocycles. The number of hydrogen-bond donors (Lipinski definition) is 1. The molecular weight excluding hydrogens is 290 g/mol. The number of amides is 1. The van der Waals surface area contributed by atoms with Gasteiger partial charge in [0.1, 0.15) is 0 Å². The predicted molar refractivity (Wildman–Crippen MR) is 77.6 cm³/mol. The van der Waals surface area contributed by atoms with Crippen molar-refractivity contribution in [2.24, 2.45) is 0 Å². The molecule has 92 valence electrons. The van der Waals surface area contributed by atoms with Gasteiger partial charge in [0.2, 0.25) is 5.91 Å². The largest absolute Gasteiger partial charge is 0.326 e. The van der Waals surface area contributed by atoms with E-state index >= 15 is 0 Å². The van der Waals surface area contributed by atoms with Gasteiger partial charge in [-0.05, 0) is 36.8 Å². The van der Waals surface area contributed by atoms with Crippen LogP contribution in [0.5, 0.6) is 0 Å². The molecule has 0 aromatic heterocycles. The van der Waals surface area contributed by atoms with Crippen molar-refractivity contribution >= 4 is 27.5 Å². The highest BCUT2D eigenvalue weighted by Crippen LogP contribution is 2.19. The van der Waals surface area contributed by atoms with Gasteiger partial charge in [-0.25, -0.2) is 0 Å². The molecule has 1 N–H and O–H groups in total. The molecule has 1 atom stereocenters. The lowest BCUT2D eigenvalue weighted by Crippen LogP contribution is -2.18. The molecule has 3 heteroatoms. The van der Waals surface area contributed by atoms with E-state index in [0.29, 0.717) is 0 Å². The molecule has 0 heterocycles. The summed E-state index contributed by atoms with van der Waals surface area (Å²) in [6.07, 6.45) is 0. The molecule has 0 fully saturated rings. The van der Waals surface area contributed by atoms with Crippen LogP contribution in [0.15, 0.2) is 59.1 Å². The topological polar surface area (TPSA) is 29.1 Å². The lowest BCUT2D eigenvalue weighted by molar-refractivity contribution is -0.117. The van der Waals surface area contributed by atoms with Crippen molar-refractivity contribution in [1.82, 2.24) is 0 Å². The Morgan fingerprint density at radius 3 is 2.28 bits per heavy atom. The van der Waals surface area contributed by atoms with Crippen LogP contribution in [0, 0.1) is 0 Å². The molecule has 0 bridgehead atoms. The van der Waals surface area contributed by atoms with Gasteiger partial charge in [-0.2, -0.15) is 0 Å². The number of hydrogen-bond acceptors (Lipinski definition) is 1. The van der Waals surface area contributed by atoms with E-state index in [0.717, 1.165) is 15.7 Å². The van der Waals surface area contributed by atoms with Crippen LogP contribution >= 0.6 is 15.9 Å². The highest BCUT2D eigenvalue weighted by atomic mass is 79.9. The zero-order valence-electron chi connectivity index (χ0n) is 10.1. The highest BCUT2D eigenvalue weighted by Gasteiger charge is 2.14. The van der Waals surface area contributed by atoms with Gasteiger partial charge in [0.15, 0.2) is 0 Å². The number of carbonyl (C=O) groups excluding carboxylic acids is 1. The van der Waals surface area contributed by atoms with Crippen molar-refractivity contribution in [1.29, 1.82) is 0 Å². The van der Waals surface area contributed by atoms with Gasteiger partial charge in [0, 0.05) is 10.2 Å². The minimum atomic E-state index is -0.158. The fraction of sp³-hybridized carbons (Fsp3) is 0.133. The van der Waals surface area contributed by atoms with Crippen molar-refractivity contribution in [2.75, 3.05) is 5.32 Å². The van der Waals surface area contributed by atoms with E-state index in [2.05, 4.69) is 21.2 Å². The quantitative estimate of drug-likeness (QED) is 0.905. The smallest absolute Gasteiger partial charge is 0.231 e. The summed E-state index contributed by atoms with van der Waals surface area (Å²) < 4.78 is 0.997. The molecule has 0 spiro atoms. The summed E-state index contributed by atoms with van der Waals surface area (Å²) in [6, 6.07) is 17.3.